The molecule has 0 bridgehead atoms. The first-order valence-electron chi connectivity index (χ1n) is 11.0. The molecule has 1 N–H and O–H groups in total. The number of morpholine rings is 1. The number of nitrogens with zero attached hydrogens (tertiary/aromatic N) is 2. The fraction of sp³-hybridized carbons (Fsp3) is 0.480. The summed E-state index contributed by atoms with van der Waals surface area (Å²) in [4.78, 5) is 17.0. The van der Waals surface area contributed by atoms with Gasteiger partial charge in [0.1, 0.15) is 5.82 Å². The van der Waals surface area contributed by atoms with Crippen molar-refractivity contribution in [2.75, 3.05) is 39.3 Å². The van der Waals surface area contributed by atoms with Crippen LogP contribution in [-0.2, 0) is 11.2 Å². The number of benzene rings is 2. The van der Waals surface area contributed by atoms with Gasteiger partial charge in [-0.1, -0.05) is 50.2 Å². The molecule has 5 nitrogen and oxygen atoms in total. The lowest BCUT2D eigenvalue weighted by molar-refractivity contribution is -0.0510. The van der Waals surface area contributed by atoms with Gasteiger partial charge in [0, 0.05) is 38.3 Å². The minimum Gasteiger partial charge on any atom is -0.391 e. The van der Waals surface area contributed by atoms with E-state index in [0.717, 1.165) is 12.1 Å². The lowest BCUT2D eigenvalue weighted by atomic mass is 10.1. The molecule has 1 fully saturated rings. The summed E-state index contributed by atoms with van der Waals surface area (Å²) in [5, 5.41) is 10.5. The first-order valence-corrected chi connectivity index (χ1v) is 11.0. The number of aliphatic hydroxyl groups excluding tert-OH is 1. The Morgan fingerprint density at radius 3 is 2.71 bits per heavy atom. The third-order valence-corrected chi connectivity index (χ3v) is 5.37. The molecule has 0 aliphatic carbocycles. The molecule has 2 atom stereocenters. The predicted molar refractivity (Wildman–Crippen MR) is 119 cm³/mol. The van der Waals surface area contributed by atoms with Crippen molar-refractivity contribution in [2.24, 2.45) is 5.92 Å². The zero-order valence-electron chi connectivity index (χ0n) is 18.4. The van der Waals surface area contributed by atoms with E-state index in [9.17, 15) is 14.3 Å². The van der Waals surface area contributed by atoms with Crippen LogP contribution in [-0.4, -0.2) is 72.4 Å². The van der Waals surface area contributed by atoms with Crippen LogP contribution in [0.4, 0.5) is 4.39 Å². The average molecular weight is 429 g/mol. The molecule has 0 saturated carbocycles. The van der Waals surface area contributed by atoms with Crippen LogP contribution in [0.2, 0.25) is 0 Å². The summed E-state index contributed by atoms with van der Waals surface area (Å²) in [6.07, 6.45) is 0.0104. The van der Waals surface area contributed by atoms with Gasteiger partial charge < -0.3 is 14.7 Å². The van der Waals surface area contributed by atoms with Gasteiger partial charge in [0.05, 0.1) is 18.8 Å². The Morgan fingerprint density at radius 1 is 1.23 bits per heavy atom. The highest BCUT2D eigenvalue weighted by atomic mass is 19.1. The van der Waals surface area contributed by atoms with E-state index in [1.807, 2.05) is 30.3 Å². The van der Waals surface area contributed by atoms with Crippen molar-refractivity contribution < 1.29 is 19.0 Å². The van der Waals surface area contributed by atoms with Crippen LogP contribution in [0.3, 0.4) is 0 Å². The average Bonchev–Trinajstić information content (AvgIpc) is 2.73. The number of hydrogen-bond acceptors (Lipinski definition) is 4. The van der Waals surface area contributed by atoms with Gasteiger partial charge in [0.15, 0.2) is 0 Å². The molecule has 0 aromatic heterocycles. The van der Waals surface area contributed by atoms with Crippen molar-refractivity contribution >= 4 is 5.91 Å². The largest absolute Gasteiger partial charge is 0.391 e. The maximum Gasteiger partial charge on any atom is 0.254 e. The minimum atomic E-state index is -0.457. The minimum absolute atomic E-state index is 0.145. The SMILES string of the molecule is CC(C)CN(C[C@@H]1CN(C[C@@H](O)Cc2ccccc2)CCO1)C(=O)c1cccc(F)c1. The van der Waals surface area contributed by atoms with Crippen molar-refractivity contribution in [2.45, 2.75) is 32.5 Å². The number of β-amino-alcohol motifs (C(OH)–C–C–N with tert-alkyl or cyclic N) is 1. The van der Waals surface area contributed by atoms with Gasteiger partial charge in [-0.15, -0.1) is 0 Å². The maximum atomic E-state index is 13.6. The van der Waals surface area contributed by atoms with E-state index < -0.39 is 11.9 Å². The lowest BCUT2D eigenvalue weighted by Gasteiger charge is -2.37. The molecule has 6 heteroatoms. The van der Waals surface area contributed by atoms with Gasteiger partial charge in [0.2, 0.25) is 0 Å². The Bertz CT molecular complexity index is 831. The third-order valence-electron chi connectivity index (χ3n) is 5.37. The summed E-state index contributed by atoms with van der Waals surface area (Å²) < 4.78 is 19.6. The van der Waals surface area contributed by atoms with E-state index in [1.54, 1.807) is 17.0 Å². The van der Waals surface area contributed by atoms with Crippen molar-refractivity contribution in [1.29, 1.82) is 0 Å². The van der Waals surface area contributed by atoms with Gasteiger partial charge >= 0.3 is 0 Å². The number of carbonyl (C=O) groups is 1. The number of rotatable bonds is 9. The van der Waals surface area contributed by atoms with Crippen LogP contribution < -0.4 is 0 Å². The van der Waals surface area contributed by atoms with Gasteiger partial charge in [-0.3, -0.25) is 9.69 Å². The standard InChI is InChI=1S/C25H33FN2O3/c1-19(2)15-28(25(30)21-9-6-10-22(26)14-21)18-24-17-27(11-12-31-24)16-23(29)13-20-7-4-3-5-8-20/h3-10,14,19,23-24,29H,11-13,15-18H2,1-2H3/t23-,24-/m0/s1. The van der Waals surface area contributed by atoms with Crippen molar-refractivity contribution in [3.05, 3.63) is 71.5 Å². The van der Waals surface area contributed by atoms with Crippen LogP contribution in [0, 0.1) is 11.7 Å². The lowest BCUT2D eigenvalue weighted by Crippen LogP contribution is -2.51. The van der Waals surface area contributed by atoms with Crippen LogP contribution in [0.15, 0.2) is 54.6 Å². The highest BCUT2D eigenvalue weighted by Crippen LogP contribution is 2.14. The first kappa shape index (κ1) is 23.4. The van der Waals surface area contributed by atoms with Crippen LogP contribution >= 0.6 is 0 Å². The van der Waals surface area contributed by atoms with Crippen LogP contribution in [0.5, 0.6) is 0 Å². The number of aliphatic hydroxyl groups is 1. The Hall–Kier alpha value is -2.28. The second-order valence-electron chi connectivity index (χ2n) is 8.71. The van der Waals surface area contributed by atoms with Crippen LogP contribution in [0.25, 0.3) is 0 Å². The molecule has 0 radical (unpaired) electrons. The Labute approximate surface area is 184 Å². The van der Waals surface area contributed by atoms with Gasteiger partial charge in [-0.05, 0) is 36.1 Å². The molecule has 2 aromatic rings. The zero-order valence-corrected chi connectivity index (χ0v) is 18.4. The topological polar surface area (TPSA) is 53.0 Å². The van der Waals surface area contributed by atoms with E-state index in [4.69, 9.17) is 4.74 Å². The molecular formula is C25H33FN2O3. The molecule has 1 amide bonds. The van der Waals surface area contributed by atoms with Crippen molar-refractivity contribution in [3.8, 4) is 0 Å². The predicted octanol–water partition coefficient (Wildman–Crippen LogP) is 3.23. The summed E-state index contributed by atoms with van der Waals surface area (Å²) >= 11 is 0. The smallest absolute Gasteiger partial charge is 0.254 e. The summed E-state index contributed by atoms with van der Waals surface area (Å²) in [6.45, 7) is 7.66. The molecule has 1 saturated heterocycles. The molecule has 2 aromatic carbocycles. The number of hydrogen-bond donors (Lipinski definition) is 1. The molecule has 31 heavy (non-hydrogen) atoms. The second-order valence-corrected chi connectivity index (χ2v) is 8.71. The molecule has 1 aliphatic heterocycles. The Balaban J connectivity index is 1.58. The number of ether oxygens (including phenoxy) is 1. The highest BCUT2D eigenvalue weighted by Gasteiger charge is 2.27. The number of halogens is 1. The fourth-order valence-electron chi connectivity index (χ4n) is 4.04. The van der Waals surface area contributed by atoms with E-state index in [2.05, 4.69) is 18.7 Å². The Morgan fingerprint density at radius 2 is 2.00 bits per heavy atom. The fourth-order valence-corrected chi connectivity index (χ4v) is 4.04. The molecule has 168 valence electrons. The first-order chi connectivity index (χ1) is 14.9. The molecule has 1 heterocycles. The van der Waals surface area contributed by atoms with Crippen LogP contribution in [0.1, 0.15) is 29.8 Å². The quantitative estimate of drug-likeness (QED) is 0.666. The zero-order chi connectivity index (χ0) is 22.2. The van der Waals surface area contributed by atoms with E-state index >= 15 is 0 Å². The van der Waals surface area contributed by atoms with Gasteiger partial charge in [0.25, 0.3) is 5.91 Å². The molecular weight excluding hydrogens is 395 g/mol. The second kappa shape index (κ2) is 11.4. The molecule has 0 spiro atoms. The van der Waals surface area contributed by atoms with Crippen molar-refractivity contribution in [1.82, 2.24) is 9.80 Å². The maximum absolute atomic E-state index is 13.6. The summed E-state index contributed by atoms with van der Waals surface area (Å²) in [7, 11) is 0. The van der Waals surface area contributed by atoms with Gasteiger partial charge in [-0.2, -0.15) is 0 Å². The third kappa shape index (κ3) is 7.42. The molecule has 1 aliphatic rings. The summed E-state index contributed by atoms with van der Waals surface area (Å²) in [6, 6.07) is 15.8. The monoisotopic (exact) mass is 428 g/mol. The summed E-state index contributed by atoms with van der Waals surface area (Å²) in [5.74, 6) is -0.314. The van der Waals surface area contributed by atoms with E-state index in [-0.39, 0.29) is 17.9 Å². The Kier molecular flexibility index (Phi) is 8.58. The highest BCUT2D eigenvalue weighted by molar-refractivity contribution is 5.94. The van der Waals surface area contributed by atoms with E-state index in [1.165, 1.54) is 12.1 Å². The van der Waals surface area contributed by atoms with E-state index in [0.29, 0.717) is 44.8 Å². The molecule has 0 unspecified atom stereocenters. The summed E-state index contributed by atoms with van der Waals surface area (Å²) in [5.41, 5.74) is 1.47. The van der Waals surface area contributed by atoms with Crippen molar-refractivity contribution in [3.63, 3.8) is 0 Å². The number of carbonyl (C=O) groups excluding carboxylic acids is 1. The normalized spacial score (nSPS) is 18.2. The molecule has 3 rings (SSSR count). The van der Waals surface area contributed by atoms with Gasteiger partial charge in [-0.25, -0.2) is 4.39 Å². The number of amides is 1.